The second kappa shape index (κ2) is 7.04. The van der Waals surface area contributed by atoms with Crippen molar-refractivity contribution in [3.8, 4) is 17.1 Å². The van der Waals surface area contributed by atoms with Crippen LogP contribution >= 0.6 is 0 Å². The number of carbonyl (C=O) groups is 2. The van der Waals surface area contributed by atoms with Crippen molar-refractivity contribution in [2.75, 3.05) is 13.7 Å². The molecule has 3 aromatic rings. The third-order valence-electron chi connectivity index (χ3n) is 3.51. The fourth-order valence-corrected chi connectivity index (χ4v) is 2.37. The van der Waals surface area contributed by atoms with Crippen molar-refractivity contribution in [2.45, 2.75) is 6.92 Å². The summed E-state index contributed by atoms with van der Waals surface area (Å²) < 4.78 is 14.5. The van der Waals surface area contributed by atoms with E-state index < -0.39 is 12.1 Å². The van der Waals surface area contributed by atoms with Crippen molar-refractivity contribution in [1.29, 1.82) is 0 Å². The monoisotopic (exact) mass is 340 g/mol. The van der Waals surface area contributed by atoms with E-state index in [1.165, 1.54) is 7.11 Å². The van der Waals surface area contributed by atoms with Crippen LogP contribution < -0.4 is 4.74 Å². The van der Waals surface area contributed by atoms with E-state index in [0.717, 1.165) is 11.1 Å². The van der Waals surface area contributed by atoms with Crippen molar-refractivity contribution < 1.29 is 23.8 Å². The van der Waals surface area contributed by atoms with Crippen LogP contribution in [0.4, 0.5) is 4.79 Å². The van der Waals surface area contributed by atoms with Gasteiger partial charge < -0.3 is 19.2 Å². The second-order valence-corrected chi connectivity index (χ2v) is 5.09. The molecule has 7 heteroatoms. The number of esters is 1. The molecule has 1 aromatic heterocycles. The van der Waals surface area contributed by atoms with Gasteiger partial charge in [-0.1, -0.05) is 6.07 Å². The molecule has 3 rings (SSSR count). The van der Waals surface area contributed by atoms with Gasteiger partial charge in [-0.3, -0.25) is 0 Å². The van der Waals surface area contributed by atoms with Gasteiger partial charge in [-0.2, -0.15) is 0 Å². The van der Waals surface area contributed by atoms with Gasteiger partial charge in [0.15, 0.2) is 0 Å². The average molecular weight is 340 g/mol. The van der Waals surface area contributed by atoms with E-state index >= 15 is 0 Å². The predicted octanol–water partition coefficient (Wildman–Crippen LogP) is 3.55. The number of imidazole rings is 1. The predicted molar refractivity (Wildman–Crippen MR) is 90.5 cm³/mol. The third-order valence-corrected chi connectivity index (χ3v) is 3.51. The van der Waals surface area contributed by atoms with Crippen LogP contribution in [0.25, 0.3) is 22.4 Å². The summed E-state index contributed by atoms with van der Waals surface area (Å²) in [6.07, 6.45) is -0.748. The quantitative estimate of drug-likeness (QED) is 0.577. The number of nitrogens with zero attached hydrogens (tertiary/aromatic N) is 1. The summed E-state index contributed by atoms with van der Waals surface area (Å²) in [6.45, 7) is 1.95. The maximum atomic E-state index is 11.8. The summed E-state index contributed by atoms with van der Waals surface area (Å²) in [7, 11) is 1.33. The van der Waals surface area contributed by atoms with Gasteiger partial charge >= 0.3 is 12.1 Å². The van der Waals surface area contributed by atoms with Gasteiger partial charge in [0.2, 0.25) is 0 Å². The standard InChI is InChI=1S/C18H16N2O5/c1-3-24-18(22)25-12-9-7-11(8-10-12)16-19-14-6-4-5-13(15(14)20-16)17(21)23-2/h4-10H,3H2,1-2H3,(H,19,20). The first-order chi connectivity index (χ1) is 12.1. The van der Waals surface area contributed by atoms with Crippen molar-refractivity contribution >= 4 is 23.2 Å². The van der Waals surface area contributed by atoms with Crippen LogP contribution in [0.15, 0.2) is 42.5 Å². The Morgan fingerprint density at radius 3 is 2.56 bits per heavy atom. The van der Waals surface area contributed by atoms with E-state index in [2.05, 4.69) is 9.97 Å². The Hall–Kier alpha value is -3.35. The van der Waals surface area contributed by atoms with Crippen LogP contribution in [-0.4, -0.2) is 35.8 Å². The number of fused-ring (bicyclic) bond motifs is 1. The number of carbonyl (C=O) groups excluding carboxylic acids is 2. The van der Waals surface area contributed by atoms with E-state index in [9.17, 15) is 9.59 Å². The highest BCUT2D eigenvalue weighted by Crippen LogP contribution is 2.25. The summed E-state index contributed by atoms with van der Waals surface area (Å²) in [4.78, 5) is 30.8. The molecule has 1 heterocycles. The van der Waals surface area contributed by atoms with Gasteiger partial charge in [0, 0.05) is 5.56 Å². The summed E-state index contributed by atoms with van der Waals surface area (Å²) in [5.41, 5.74) is 2.44. The Labute approximate surface area is 143 Å². The van der Waals surface area contributed by atoms with Gasteiger partial charge in [0.05, 0.1) is 24.8 Å². The zero-order chi connectivity index (χ0) is 17.8. The number of aromatic nitrogens is 2. The molecule has 0 fully saturated rings. The lowest BCUT2D eigenvalue weighted by molar-refractivity contribution is 0.0602. The lowest BCUT2D eigenvalue weighted by Gasteiger charge is -2.04. The topological polar surface area (TPSA) is 90.5 Å². The molecular weight excluding hydrogens is 324 g/mol. The first kappa shape index (κ1) is 16.5. The van der Waals surface area contributed by atoms with E-state index in [1.807, 2.05) is 6.07 Å². The molecule has 0 saturated heterocycles. The smallest absolute Gasteiger partial charge is 0.465 e. The zero-order valence-electron chi connectivity index (χ0n) is 13.7. The van der Waals surface area contributed by atoms with E-state index in [-0.39, 0.29) is 6.61 Å². The van der Waals surface area contributed by atoms with E-state index in [4.69, 9.17) is 14.2 Å². The zero-order valence-corrected chi connectivity index (χ0v) is 13.7. The molecule has 0 aliphatic carbocycles. The van der Waals surface area contributed by atoms with Gasteiger partial charge in [-0.15, -0.1) is 0 Å². The van der Waals surface area contributed by atoms with Crippen LogP contribution in [0.1, 0.15) is 17.3 Å². The lowest BCUT2D eigenvalue weighted by Crippen LogP contribution is -2.09. The molecule has 0 spiro atoms. The number of ether oxygens (including phenoxy) is 3. The number of aromatic amines is 1. The molecule has 0 radical (unpaired) electrons. The normalized spacial score (nSPS) is 10.5. The number of benzene rings is 2. The summed E-state index contributed by atoms with van der Waals surface area (Å²) in [5.74, 6) is 0.518. The highest BCUT2D eigenvalue weighted by molar-refractivity contribution is 6.02. The fraction of sp³-hybridized carbons (Fsp3) is 0.167. The molecule has 7 nitrogen and oxygen atoms in total. The molecule has 1 N–H and O–H groups in total. The maximum absolute atomic E-state index is 11.8. The number of para-hydroxylation sites is 1. The van der Waals surface area contributed by atoms with Gasteiger partial charge in [0.25, 0.3) is 0 Å². The van der Waals surface area contributed by atoms with Gasteiger partial charge in [-0.25, -0.2) is 14.6 Å². The number of H-pyrrole nitrogens is 1. The number of nitrogens with one attached hydrogen (secondary N) is 1. The Kier molecular flexibility index (Phi) is 4.65. The van der Waals surface area contributed by atoms with Crippen molar-refractivity contribution in [3.05, 3.63) is 48.0 Å². The highest BCUT2D eigenvalue weighted by atomic mass is 16.7. The number of rotatable bonds is 4. The molecule has 0 bridgehead atoms. The minimum Gasteiger partial charge on any atom is -0.465 e. The first-order valence-corrected chi connectivity index (χ1v) is 7.64. The molecule has 0 unspecified atom stereocenters. The van der Waals surface area contributed by atoms with Gasteiger partial charge in [-0.05, 0) is 43.3 Å². The van der Waals surface area contributed by atoms with Crippen molar-refractivity contribution in [3.63, 3.8) is 0 Å². The number of hydrogen-bond donors (Lipinski definition) is 1. The Balaban J connectivity index is 1.89. The molecule has 2 aromatic carbocycles. The largest absolute Gasteiger partial charge is 0.513 e. The Morgan fingerprint density at radius 1 is 1.12 bits per heavy atom. The molecule has 0 saturated carbocycles. The summed E-state index contributed by atoms with van der Waals surface area (Å²) in [5, 5.41) is 0. The van der Waals surface area contributed by atoms with Crippen molar-refractivity contribution in [1.82, 2.24) is 9.97 Å². The highest BCUT2D eigenvalue weighted by Gasteiger charge is 2.14. The first-order valence-electron chi connectivity index (χ1n) is 7.64. The number of methoxy groups -OCH3 is 1. The summed E-state index contributed by atoms with van der Waals surface area (Å²) >= 11 is 0. The van der Waals surface area contributed by atoms with Crippen LogP contribution in [0.2, 0.25) is 0 Å². The van der Waals surface area contributed by atoms with E-state index in [0.29, 0.717) is 22.7 Å². The summed E-state index contributed by atoms with van der Waals surface area (Å²) in [6, 6.07) is 12.0. The van der Waals surface area contributed by atoms with E-state index in [1.54, 1.807) is 43.3 Å². The lowest BCUT2D eigenvalue weighted by atomic mass is 10.2. The molecule has 0 atom stereocenters. The SMILES string of the molecule is CCOC(=O)Oc1ccc(-c2nc3c(C(=O)OC)cccc3[nH]2)cc1. The molecule has 128 valence electrons. The average Bonchev–Trinajstić information content (AvgIpc) is 3.06. The molecule has 25 heavy (non-hydrogen) atoms. The van der Waals surface area contributed by atoms with Gasteiger partial charge in [0.1, 0.15) is 17.1 Å². The third kappa shape index (κ3) is 3.45. The molecule has 0 aliphatic heterocycles. The van der Waals surface area contributed by atoms with Crippen LogP contribution in [0, 0.1) is 0 Å². The molecular formula is C18H16N2O5. The maximum Gasteiger partial charge on any atom is 0.513 e. The molecule has 0 amide bonds. The fourth-order valence-electron chi connectivity index (χ4n) is 2.37. The van der Waals surface area contributed by atoms with Crippen LogP contribution in [0.3, 0.4) is 0 Å². The van der Waals surface area contributed by atoms with Crippen molar-refractivity contribution in [2.24, 2.45) is 0 Å². The molecule has 0 aliphatic rings. The minimum atomic E-state index is -0.748. The Bertz CT molecular complexity index is 915. The minimum absolute atomic E-state index is 0.248. The van der Waals surface area contributed by atoms with Crippen LogP contribution in [-0.2, 0) is 9.47 Å². The second-order valence-electron chi connectivity index (χ2n) is 5.09. The van der Waals surface area contributed by atoms with Crippen LogP contribution in [0.5, 0.6) is 5.75 Å². The Morgan fingerprint density at radius 2 is 1.88 bits per heavy atom. The number of hydrogen-bond acceptors (Lipinski definition) is 6.